The third kappa shape index (κ3) is 19.4. The molecule has 2 unspecified atom stereocenters. The Kier molecular flexibility index (Phi) is 24.9. The molecule has 23 heteroatoms. The Morgan fingerprint density at radius 1 is 0.429 bits per heavy atom. The van der Waals surface area contributed by atoms with Gasteiger partial charge in [0.2, 0.25) is 13.6 Å². The maximum Gasteiger partial charge on any atom is 0.342 e. The summed E-state index contributed by atoms with van der Waals surface area (Å²) < 4.78 is 34.6. The molecule has 0 aromatic carbocycles. The first-order chi connectivity index (χ1) is 26.6. The van der Waals surface area contributed by atoms with E-state index in [9.17, 15) is 38.1 Å². The minimum Gasteiger partial charge on any atom is -0.438 e. The van der Waals surface area contributed by atoms with Gasteiger partial charge in [0.1, 0.15) is 12.2 Å². The standard InChI is InChI=1S/C33H53O22P/c1-8-13-24(36)46-51-29-23(18-56(41,44-19-42-21(6)34)45-20-43-22(7)35)30(52-47-25(37)14-9-2)32(54-49-27(39)16-11-4)33(55-50-28(40)17-12-5)31(29)53-48-26(38)15-10-3/h23,29-33H,8-20H2,1-7H3/t23?,29-,30+,31+,32-,33?. The van der Waals surface area contributed by atoms with Crippen LogP contribution in [0.4, 0.5) is 0 Å². The van der Waals surface area contributed by atoms with E-state index in [0.717, 1.165) is 13.8 Å². The van der Waals surface area contributed by atoms with Gasteiger partial charge in [-0.1, -0.05) is 34.6 Å². The van der Waals surface area contributed by atoms with Crippen LogP contribution in [0.25, 0.3) is 0 Å². The highest BCUT2D eigenvalue weighted by atomic mass is 31.2. The minimum atomic E-state index is -4.75. The molecule has 0 heterocycles. The Morgan fingerprint density at radius 2 is 0.679 bits per heavy atom. The van der Waals surface area contributed by atoms with E-state index in [0.29, 0.717) is 32.1 Å². The molecule has 1 saturated carbocycles. The number of carbonyl (C=O) groups is 7. The van der Waals surface area contributed by atoms with Crippen LogP contribution in [-0.4, -0.2) is 92.1 Å². The van der Waals surface area contributed by atoms with E-state index >= 15 is 0 Å². The molecule has 0 aromatic rings. The molecule has 1 aliphatic rings. The lowest BCUT2D eigenvalue weighted by atomic mass is 9.79. The lowest BCUT2D eigenvalue weighted by molar-refractivity contribution is -0.465. The first-order valence-electron chi connectivity index (χ1n) is 18.1. The molecule has 0 spiro atoms. The number of ether oxygens (including phenoxy) is 2. The molecule has 1 aliphatic carbocycles. The number of rotatable bonds is 28. The molecule has 0 aromatic heterocycles. The molecule has 0 amide bonds. The van der Waals surface area contributed by atoms with Gasteiger partial charge in [0.15, 0.2) is 18.3 Å². The van der Waals surface area contributed by atoms with Crippen molar-refractivity contribution in [3.63, 3.8) is 0 Å². The van der Waals surface area contributed by atoms with Gasteiger partial charge in [-0.3, -0.25) is 47.6 Å². The van der Waals surface area contributed by atoms with Crippen LogP contribution < -0.4 is 0 Å². The van der Waals surface area contributed by atoms with E-state index in [-0.39, 0.29) is 32.1 Å². The zero-order valence-electron chi connectivity index (χ0n) is 32.6. The molecular weight excluding hydrogens is 779 g/mol. The summed E-state index contributed by atoms with van der Waals surface area (Å²) in [6.07, 6.45) is -9.95. The highest BCUT2D eigenvalue weighted by Gasteiger charge is 2.61. The van der Waals surface area contributed by atoms with E-state index in [4.69, 9.17) is 67.4 Å². The lowest BCUT2D eigenvalue weighted by Crippen LogP contribution is -2.65. The summed E-state index contributed by atoms with van der Waals surface area (Å²) in [6, 6.07) is 0. The van der Waals surface area contributed by atoms with Crippen LogP contribution in [0.15, 0.2) is 0 Å². The van der Waals surface area contributed by atoms with Crippen LogP contribution in [-0.2, 0) is 106 Å². The normalized spacial score (nSPS) is 20.6. The van der Waals surface area contributed by atoms with Crippen molar-refractivity contribution in [2.24, 2.45) is 5.92 Å². The van der Waals surface area contributed by atoms with Crippen molar-refractivity contribution in [3.8, 4) is 0 Å². The molecule has 0 saturated heterocycles. The smallest absolute Gasteiger partial charge is 0.342 e. The van der Waals surface area contributed by atoms with Gasteiger partial charge in [-0.2, -0.15) is 24.4 Å². The third-order valence-electron chi connectivity index (χ3n) is 7.13. The topological polar surface area (TPSA) is 266 Å². The SMILES string of the molecule is CCCC(=O)OOC1[C@@H](OOC(=O)CCC)[C@H](OOC(=O)CCC)C(CP(=O)(OCOC(C)=O)OCOC(C)=O)[C@H](OOC(=O)CCC)[C@H]1OOC(=O)CCC. The van der Waals surface area contributed by atoms with Crippen molar-refractivity contribution >= 4 is 49.4 Å². The third-order valence-corrected chi connectivity index (χ3v) is 8.99. The van der Waals surface area contributed by atoms with E-state index in [2.05, 4.69) is 0 Å². The number of hydrogen-bond donors (Lipinski definition) is 0. The predicted molar refractivity (Wildman–Crippen MR) is 181 cm³/mol. The second-order valence-electron chi connectivity index (χ2n) is 12.1. The van der Waals surface area contributed by atoms with Gasteiger partial charge in [0, 0.05) is 51.9 Å². The number of esters is 2. The van der Waals surface area contributed by atoms with Crippen LogP contribution in [0.5, 0.6) is 0 Å². The Hall–Kier alpha value is -3.76. The average molecular weight is 833 g/mol. The molecule has 0 N–H and O–H groups in total. The summed E-state index contributed by atoms with van der Waals surface area (Å²) in [4.78, 5) is 139. The fourth-order valence-electron chi connectivity index (χ4n) is 4.58. The second-order valence-corrected chi connectivity index (χ2v) is 14.2. The average Bonchev–Trinajstić information content (AvgIpc) is 3.11. The van der Waals surface area contributed by atoms with Crippen LogP contribution in [0.1, 0.15) is 113 Å². The molecule has 1 fully saturated rings. The molecule has 0 bridgehead atoms. The molecule has 1 rings (SSSR count). The highest BCUT2D eigenvalue weighted by molar-refractivity contribution is 7.53. The summed E-state index contributed by atoms with van der Waals surface area (Å²) in [5.74, 6) is -8.07. The molecule has 0 aliphatic heterocycles. The van der Waals surface area contributed by atoms with E-state index in [1.54, 1.807) is 34.6 Å². The van der Waals surface area contributed by atoms with Crippen LogP contribution in [0, 0.1) is 5.92 Å². The Bertz CT molecular complexity index is 1230. The van der Waals surface area contributed by atoms with Crippen LogP contribution in [0.3, 0.4) is 0 Å². The maximum absolute atomic E-state index is 14.4. The highest BCUT2D eigenvalue weighted by Crippen LogP contribution is 2.53. The first-order valence-corrected chi connectivity index (χ1v) is 19.8. The number of carbonyl (C=O) groups excluding carboxylic acids is 7. The Balaban J connectivity index is 4.11. The fourth-order valence-corrected chi connectivity index (χ4v) is 6.22. The minimum absolute atomic E-state index is 0.158. The number of hydrogen-bond acceptors (Lipinski definition) is 22. The molecule has 322 valence electrons. The van der Waals surface area contributed by atoms with Gasteiger partial charge in [-0.25, -0.2) is 24.0 Å². The molecule has 6 atom stereocenters. The van der Waals surface area contributed by atoms with E-state index in [1.807, 2.05) is 0 Å². The van der Waals surface area contributed by atoms with Gasteiger partial charge in [-0.05, 0) is 32.1 Å². The van der Waals surface area contributed by atoms with Crippen LogP contribution >= 0.6 is 7.60 Å². The zero-order chi connectivity index (χ0) is 42.1. The van der Waals surface area contributed by atoms with Gasteiger partial charge in [0.25, 0.3) is 0 Å². The zero-order valence-corrected chi connectivity index (χ0v) is 33.5. The summed E-state index contributed by atoms with van der Waals surface area (Å²) >= 11 is 0. The van der Waals surface area contributed by atoms with Gasteiger partial charge < -0.3 is 9.47 Å². The van der Waals surface area contributed by atoms with Crippen molar-refractivity contribution in [2.75, 3.05) is 19.7 Å². The van der Waals surface area contributed by atoms with Crippen LogP contribution in [0.2, 0.25) is 0 Å². The Morgan fingerprint density at radius 3 is 0.929 bits per heavy atom. The van der Waals surface area contributed by atoms with Crippen molar-refractivity contribution in [1.29, 1.82) is 0 Å². The quantitative estimate of drug-likeness (QED) is 0.0353. The first kappa shape index (κ1) is 50.3. The monoisotopic (exact) mass is 832 g/mol. The van der Waals surface area contributed by atoms with Crippen molar-refractivity contribution < 1.29 is 106 Å². The Labute approximate surface area is 323 Å². The van der Waals surface area contributed by atoms with Gasteiger partial charge in [0.05, 0.1) is 6.16 Å². The maximum atomic E-state index is 14.4. The van der Waals surface area contributed by atoms with E-state index < -0.39 is 106 Å². The molecule has 22 nitrogen and oxygen atoms in total. The van der Waals surface area contributed by atoms with E-state index in [1.165, 1.54) is 0 Å². The summed E-state index contributed by atoms with van der Waals surface area (Å²) in [5.41, 5.74) is 0. The lowest BCUT2D eigenvalue weighted by Gasteiger charge is -2.45. The summed E-state index contributed by atoms with van der Waals surface area (Å²) in [6.45, 7) is 8.40. The summed E-state index contributed by atoms with van der Waals surface area (Å²) in [5, 5.41) is 0. The van der Waals surface area contributed by atoms with Crippen molar-refractivity contribution in [3.05, 3.63) is 0 Å². The van der Waals surface area contributed by atoms with Crippen molar-refractivity contribution in [2.45, 2.75) is 143 Å². The second kappa shape index (κ2) is 27.8. The molecule has 56 heavy (non-hydrogen) atoms. The predicted octanol–water partition coefficient (Wildman–Crippen LogP) is 4.10. The summed E-state index contributed by atoms with van der Waals surface area (Å²) in [7, 11) is -4.75. The van der Waals surface area contributed by atoms with Gasteiger partial charge >= 0.3 is 49.4 Å². The van der Waals surface area contributed by atoms with Crippen molar-refractivity contribution in [1.82, 2.24) is 0 Å². The largest absolute Gasteiger partial charge is 0.438 e. The fraction of sp³-hybridized carbons (Fsp3) is 0.788. The molecule has 0 radical (unpaired) electrons. The molecular formula is C33H53O22P. The van der Waals surface area contributed by atoms with Gasteiger partial charge in [-0.15, -0.1) is 0 Å².